The summed E-state index contributed by atoms with van der Waals surface area (Å²) in [6.45, 7) is 2.68. The van der Waals surface area contributed by atoms with Crippen LogP contribution in [-0.4, -0.2) is 17.4 Å². The summed E-state index contributed by atoms with van der Waals surface area (Å²) in [4.78, 5) is 10.6. The zero-order valence-electron chi connectivity index (χ0n) is 11.3. The van der Waals surface area contributed by atoms with E-state index in [-0.39, 0.29) is 0 Å². The van der Waals surface area contributed by atoms with Crippen LogP contribution in [0.15, 0.2) is 60.0 Å². The van der Waals surface area contributed by atoms with Gasteiger partial charge in [-0.05, 0) is 30.7 Å². The molecule has 3 rings (SSSR count). The number of benzene rings is 1. The first-order chi connectivity index (χ1) is 9.75. The summed E-state index contributed by atoms with van der Waals surface area (Å²) in [6.07, 6.45) is 5.42. The number of anilines is 1. The van der Waals surface area contributed by atoms with E-state index in [2.05, 4.69) is 33.9 Å². The number of amidine groups is 1. The van der Waals surface area contributed by atoms with E-state index in [4.69, 9.17) is 5.73 Å². The van der Waals surface area contributed by atoms with E-state index < -0.39 is 0 Å². The predicted molar refractivity (Wildman–Crippen MR) is 82.4 cm³/mol. The number of aromatic nitrogens is 1. The van der Waals surface area contributed by atoms with Gasteiger partial charge in [0, 0.05) is 23.6 Å². The average Bonchev–Trinajstić information content (AvgIpc) is 2.48. The van der Waals surface area contributed by atoms with E-state index in [1.165, 1.54) is 5.56 Å². The molecular weight excluding hydrogens is 248 g/mol. The molecule has 1 aliphatic heterocycles. The second-order valence-corrected chi connectivity index (χ2v) is 4.75. The number of aryl methyl sites for hydroxylation is 1. The van der Waals surface area contributed by atoms with Gasteiger partial charge in [-0.2, -0.15) is 0 Å². The van der Waals surface area contributed by atoms with E-state index >= 15 is 0 Å². The summed E-state index contributed by atoms with van der Waals surface area (Å²) in [5, 5.41) is 0. The third-order valence-electron chi connectivity index (χ3n) is 3.33. The maximum Gasteiger partial charge on any atom is 0.119 e. The molecule has 0 bridgehead atoms. The lowest BCUT2D eigenvalue weighted by molar-refractivity contribution is 1.08. The molecule has 2 aromatic rings. The summed E-state index contributed by atoms with van der Waals surface area (Å²) < 4.78 is 0. The molecule has 2 heterocycles. The number of nitrogens with zero attached hydrogens (tertiary/aromatic N) is 3. The molecule has 100 valence electrons. The minimum Gasteiger partial charge on any atom is -0.386 e. The molecule has 0 saturated carbocycles. The molecule has 0 fully saturated rings. The van der Waals surface area contributed by atoms with Crippen LogP contribution in [0.1, 0.15) is 11.1 Å². The lowest BCUT2D eigenvalue weighted by Crippen LogP contribution is -2.35. The molecule has 20 heavy (non-hydrogen) atoms. The van der Waals surface area contributed by atoms with Crippen molar-refractivity contribution < 1.29 is 0 Å². The van der Waals surface area contributed by atoms with Crippen molar-refractivity contribution in [2.45, 2.75) is 6.92 Å². The van der Waals surface area contributed by atoms with Crippen molar-refractivity contribution in [3.05, 3.63) is 66.1 Å². The quantitative estimate of drug-likeness (QED) is 0.907. The molecule has 0 spiro atoms. The minimum absolute atomic E-state index is 0.589. The molecule has 0 unspecified atom stereocenters. The highest BCUT2D eigenvalue weighted by atomic mass is 15.2. The Labute approximate surface area is 118 Å². The van der Waals surface area contributed by atoms with Crippen LogP contribution in [-0.2, 0) is 0 Å². The van der Waals surface area contributed by atoms with Gasteiger partial charge in [0.25, 0.3) is 0 Å². The van der Waals surface area contributed by atoms with Crippen LogP contribution in [0.2, 0.25) is 0 Å². The topological polar surface area (TPSA) is 54.5 Å². The van der Waals surface area contributed by atoms with Crippen LogP contribution in [0.3, 0.4) is 0 Å². The van der Waals surface area contributed by atoms with Gasteiger partial charge in [0.1, 0.15) is 5.84 Å². The van der Waals surface area contributed by atoms with Crippen LogP contribution in [0.5, 0.6) is 0 Å². The van der Waals surface area contributed by atoms with Crippen molar-refractivity contribution in [3.8, 4) is 0 Å². The first-order valence-electron chi connectivity index (χ1n) is 6.51. The van der Waals surface area contributed by atoms with Gasteiger partial charge in [0.05, 0.1) is 18.4 Å². The molecule has 0 aliphatic carbocycles. The number of nitrogens with two attached hydrogens (primary N) is 1. The zero-order valence-corrected chi connectivity index (χ0v) is 11.3. The Morgan fingerprint density at radius 3 is 2.75 bits per heavy atom. The van der Waals surface area contributed by atoms with Crippen molar-refractivity contribution in [2.24, 2.45) is 10.7 Å². The minimum atomic E-state index is 0.589. The second-order valence-electron chi connectivity index (χ2n) is 4.75. The van der Waals surface area contributed by atoms with Gasteiger partial charge in [-0.25, -0.2) is 4.99 Å². The summed E-state index contributed by atoms with van der Waals surface area (Å²) in [5.74, 6) is 0.612. The molecule has 4 heteroatoms. The number of pyridine rings is 1. The molecule has 0 amide bonds. The molecular formula is C16H16N4. The molecule has 2 N–H and O–H groups in total. The smallest absolute Gasteiger partial charge is 0.119 e. The van der Waals surface area contributed by atoms with E-state index in [0.29, 0.717) is 12.4 Å². The first kappa shape index (κ1) is 12.4. The highest BCUT2D eigenvalue weighted by Crippen LogP contribution is 2.29. The monoisotopic (exact) mass is 264 g/mol. The molecule has 4 nitrogen and oxygen atoms in total. The van der Waals surface area contributed by atoms with Crippen LogP contribution in [0, 0.1) is 6.92 Å². The fraction of sp³-hybridized carbons (Fsp3) is 0.125. The largest absolute Gasteiger partial charge is 0.386 e. The van der Waals surface area contributed by atoms with Crippen LogP contribution in [0.25, 0.3) is 5.70 Å². The molecule has 1 aliphatic rings. The Kier molecular flexibility index (Phi) is 3.21. The van der Waals surface area contributed by atoms with E-state index in [9.17, 15) is 0 Å². The summed E-state index contributed by atoms with van der Waals surface area (Å²) in [6, 6.07) is 12.2. The normalized spacial score (nSPS) is 14.8. The Balaban J connectivity index is 2.08. The molecule has 1 aromatic carbocycles. The lowest BCUT2D eigenvalue weighted by Gasteiger charge is -2.30. The SMILES string of the molecule is Cc1ccccc1N1CC(N)=NC=C1c1cccnc1. The maximum absolute atomic E-state index is 5.90. The number of aliphatic imine (C=N–C) groups is 1. The van der Waals surface area contributed by atoms with Gasteiger partial charge < -0.3 is 10.6 Å². The van der Waals surface area contributed by atoms with Crippen LogP contribution < -0.4 is 10.6 Å². The second kappa shape index (κ2) is 5.17. The highest BCUT2D eigenvalue weighted by Gasteiger charge is 2.19. The van der Waals surface area contributed by atoms with E-state index in [1.807, 2.05) is 36.7 Å². The third-order valence-corrected chi connectivity index (χ3v) is 3.33. The maximum atomic E-state index is 5.90. The number of hydrogen-bond acceptors (Lipinski definition) is 4. The third kappa shape index (κ3) is 2.28. The van der Waals surface area contributed by atoms with Crippen molar-refractivity contribution in [1.29, 1.82) is 0 Å². The van der Waals surface area contributed by atoms with Gasteiger partial charge in [-0.1, -0.05) is 18.2 Å². The number of rotatable bonds is 2. The molecule has 0 saturated heterocycles. The standard InChI is InChI=1S/C16H16N4/c1-12-5-2-3-7-14(12)20-11-16(17)19-10-15(20)13-6-4-8-18-9-13/h2-10H,11H2,1H3,(H2,17,19). The molecule has 0 radical (unpaired) electrons. The van der Waals surface area contributed by atoms with Gasteiger partial charge in [-0.15, -0.1) is 0 Å². The number of hydrogen-bond donors (Lipinski definition) is 1. The Morgan fingerprint density at radius 1 is 1.15 bits per heavy atom. The van der Waals surface area contributed by atoms with Gasteiger partial charge in [0.2, 0.25) is 0 Å². The molecule has 0 atom stereocenters. The van der Waals surface area contributed by atoms with Crippen molar-refractivity contribution in [3.63, 3.8) is 0 Å². The Hall–Kier alpha value is -2.62. The van der Waals surface area contributed by atoms with E-state index in [0.717, 1.165) is 16.9 Å². The van der Waals surface area contributed by atoms with Crippen molar-refractivity contribution in [2.75, 3.05) is 11.4 Å². The van der Waals surface area contributed by atoms with Gasteiger partial charge >= 0.3 is 0 Å². The fourth-order valence-electron chi connectivity index (χ4n) is 2.33. The van der Waals surface area contributed by atoms with Crippen LogP contribution in [0.4, 0.5) is 5.69 Å². The van der Waals surface area contributed by atoms with Crippen molar-refractivity contribution in [1.82, 2.24) is 4.98 Å². The molecule has 1 aromatic heterocycles. The Morgan fingerprint density at radius 2 is 2.00 bits per heavy atom. The highest BCUT2D eigenvalue weighted by molar-refractivity contribution is 5.95. The summed E-state index contributed by atoms with van der Waals surface area (Å²) in [5.41, 5.74) is 10.3. The zero-order chi connectivity index (χ0) is 13.9. The van der Waals surface area contributed by atoms with Gasteiger partial charge in [0.15, 0.2) is 0 Å². The van der Waals surface area contributed by atoms with Crippen LogP contribution >= 0.6 is 0 Å². The summed E-state index contributed by atoms with van der Waals surface area (Å²) in [7, 11) is 0. The Bertz CT molecular complexity index is 674. The van der Waals surface area contributed by atoms with E-state index in [1.54, 1.807) is 6.20 Å². The summed E-state index contributed by atoms with van der Waals surface area (Å²) >= 11 is 0. The predicted octanol–water partition coefficient (Wildman–Crippen LogP) is 2.57. The fourth-order valence-corrected chi connectivity index (χ4v) is 2.33. The average molecular weight is 264 g/mol. The lowest BCUT2D eigenvalue weighted by atomic mass is 10.1. The van der Waals surface area contributed by atoms with Crippen molar-refractivity contribution >= 4 is 17.2 Å². The first-order valence-corrected chi connectivity index (χ1v) is 6.51. The number of para-hydroxylation sites is 1. The van der Waals surface area contributed by atoms with Gasteiger partial charge in [-0.3, -0.25) is 4.98 Å².